The highest BCUT2D eigenvalue weighted by Crippen LogP contribution is 2.15. The molecule has 0 aliphatic carbocycles. The number of piperazine rings is 1. The van der Waals surface area contributed by atoms with Crippen LogP contribution < -0.4 is 4.90 Å². The molecule has 6 nitrogen and oxygen atoms in total. The molecule has 1 aliphatic heterocycles. The number of furan rings is 1. The second-order valence-electron chi connectivity index (χ2n) is 6.06. The number of rotatable bonds is 5. The molecule has 132 valence electrons. The van der Waals surface area contributed by atoms with Gasteiger partial charge in [0.05, 0.1) is 0 Å². The summed E-state index contributed by atoms with van der Waals surface area (Å²) in [7, 11) is 0. The van der Waals surface area contributed by atoms with E-state index in [0.717, 1.165) is 18.8 Å². The summed E-state index contributed by atoms with van der Waals surface area (Å²) in [4.78, 5) is 21.6. The van der Waals surface area contributed by atoms with Crippen LogP contribution in [0.1, 0.15) is 18.4 Å². The zero-order valence-electron chi connectivity index (χ0n) is 14.6. The van der Waals surface area contributed by atoms with E-state index in [2.05, 4.69) is 22.2 Å². The normalized spacial score (nSPS) is 15.4. The number of aryl methyl sites for hydroxylation is 1. The Kier molecular flexibility index (Phi) is 5.38. The standard InChI is InChI=1S/C19H23N3O3/c1-15-8-9-18(25-15)16(2)20-24-14-19(23)22-12-10-21(11-13-22)17-6-4-3-5-7-17/h3-9H,10-14H2,1-2H3. The van der Waals surface area contributed by atoms with Crippen LogP contribution in [-0.2, 0) is 9.63 Å². The van der Waals surface area contributed by atoms with Crippen molar-refractivity contribution in [3.8, 4) is 0 Å². The van der Waals surface area contributed by atoms with Crippen LogP contribution in [0.15, 0.2) is 52.0 Å². The predicted molar refractivity (Wildman–Crippen MR) is 96.8 cm³/mol. The van der Waals surface area contributed by atoms with E-state index in [9.17, 15) is 4.79 Å². The summed E-state index contributed by atoms with van der Waals surface area (Å²) in [6, 6.07) is 14.0. The fourth-order valence-electron chi connectivity index (χ4n) is 2.80. The molecule has 1 aromatic carbocycles. The van der Waals surface area contributed by atoms with Gasteiger partial charge in [-0.1, -0.05) is 23.4 Å². The van der Waals surface area contributed by atoms with Crippen LogP contribution in [0.25, 0.3) is 0 Å². The first kappa shape index (κ1) is 17.1. The topological polar surface area (TPSA) is 58.3 Å². The third-order valence-corrected chi connectivity index (χ3v) is 4.24. The number of amides is 1. The molecule has 0 unspecified atom stereocenters. The molecule has 2 heterocycles. The first-order valence-electron chi connectivity index (χ1n) is 8.44. The second kappa shape index (κ2) is 7.88. The van der Waals surface area contributed by atoms with E-state index >= 15 is 0 Å². The summed E-state index contributed by atoms with van der Waals surface area (Å²) in [5.41, 5.74) is 1.81. The van der Waals surface area contributed by atoms with E-state index in [1.54, 1.807) is 6.92 Å². The van der Waals surface area contributed by atoms with Gasteiger partial charge in [0.1, 0.15) is 11.5 Å². The van der Waals surface area contributed by atoms with Gasteiger partial charge in [0.15, 0.2) is 12.4 Å². The van der Waals surface area contributed by atoms with E-state index in [-0.39, 0.29) is 12.5 Å². The van der Waals surface area contributed by atoms with Crippen molar-refractivity contribution in [1.82, 2.24) is 4.90 Å². The predicted octanol–water partition coefficient (Wildman–Crippen LogP) is 2.68. The van der Waals surface area contributed by atoms with Crippen molar-refractivity contribution >= 4 is 17.3 Å². The zero-order valence-corrected chi connectivity index (χ0v) is 14.6. The number of carbonyl (C=O) groups excluding carboxylic acids is 1. The summed E-state index contributed by atoms with van der Waals surface area (Å²) >= 11 is 0. The minimum atomic E-state index is -0.0532. The Labute approximate surface area is 147 Å². The maximum absolute atomic E-state index is 12.3. The van der Waals surface area contributed by atoms with Gasteiger partial charge in [-0.25, -0.2) is 0 Å². The molecule has 25 heavy (non-hydrogen) atoms. The summed E-state index contributed by atoms with van der Waals surface area (Å²) in [5, 5.41) is 3.97. The fraction of sp³-hybridized carbons (Fsp3) is 0.368. The quantitative estimate of drug-likeness (QED) is 0.620. The molecule has 0 bridgehead atoms. The molecular formula is C19H23N3O3. The van der Waals surface area contributed by atoms with Crippen molar-refractivity contribution in [1.29, 1.82) is 0 Å². The average molecular weight is 341 g/mol. The van der Waals surface area contributed by atoms with Crippen molar-refractivity contribution in [3.63, 3.8) is 0 Å². The third kappa shape index (κ3) is 4.41. The molecule has 1 aromatic heterocycles. The van der Waals surface area contributed by atoms with Gasteiger partial charge in [0.25, 0.3) is 5.91 Å². The Bertz CT molecular complexity index is 731. The smallest absolute Gasteiger partial charge is 0.263 e. The Morgan fingerprint density at radius 2 is 1.84 bits per heavy atom. The maximum Gasteiger partial charge on any atom is 0.263 e. The van der Waals surface area contributed by atoms with Gasteiger partial charge in [-0.05, 0) is 38.1 Å². The number of hydrogen-bond acceptors (Lipinski definition) is 5. The maximum atomic E-state index is 12.3. The molecule has 0 saturated carbocycles. The lowest BCUT2D eigenvalue weighted by atomic mass is 10.2. The van der Waals surface area contributed by atoms with E-state index in [0.29, 0.717) is 24.6 Å². The van der Waals surface area contributed by atoms with Crippen LogP contribution >= 0.6 is 0 Å². The van der Waals surface area contributed by atoms with E-state index in [1.807, 2.05) is 42.2 Å². The first-order valence-corrected chi connectivity index (χ1v) is 8.44. The van der Waals surface area contributed by atoms with Crippen molar-refractivity contribution in [2.45, 2.75) is 13.8 Å². The van der Waals surface area contributed by atoms with Gasteiger partial charge in [-0.3, -0.25) is 4.79 Å². The third-order valence-electron chi connectivity index (χ3n) is 4.24. The Balaban J connectivity index is 1.45. The van der Waals surface area contributed by atoms with E-state index in [1.165, 1.54) is 5.69 Å². The molecule has 0 radical (unpaired) electrons. The Morgan fingerprint density at radius 3 is 2.48 bits per heavy atom. The average Bonchev–Trinajstić information content (AvgIpc) is 3.09. The molecule has 3 rings (SSSR count). The number of para-hydroxylation sites is 1. The van der Waals surface area contributed by atoms with Crippen molar-refractivity contribution in [3.05, 3.63) is 54.0 Å². The van der Waals surface area contributed by atoms with Crippen LogP contribution in [0.2, 0.25) is 0 Å². The summed E-state index contributed by atoms with van der Waals surface area (Å²) in [5.74, 6) is 1.43. The molecule has 1 amide bonds. The number of benzene rings is 1. The second-order valence-corrected chi connectivity index (χ2v) is 6.06. The minimum absolute atomic E-state index is 0.0418. The number of carbonyl (C=O) groups is 1. The van der Waals surface area contributed by atoms with Gasteiger partial charge in [0, 0.05) is 31.9 Å². The highest BCUT2D eigenvalue weighted by Gasteiger charge is 2.21. The lowest BCUT2D eigenvalue weighted by Gasteiger charge is -2.35. The lowest BCUT2D eigenvalue weighted by molar-refractivity contribution is -0.136. The van der Waals surface area contributed by atoms with Gasteiger partial charge >= 0.3 is 0 Å². The van der Waals surface area contributed by atoms with E-state index in [4.69, 9.17) is 9.25 Å². The van der Waals surface area contributed by atoms with Gasteiger partial charge in [0.2, 0.25) is 0 Å². The van der Waals surface area contributed by atoms with Crippen LogP contribution in [0.5, 0.6) is 0 Å². The molecule has 0 atom stereocenters. The zero-order chi connectivity index (χ0) is 17.6. The molecule has 1 aliphatic rings. The molecule has 6 heteroatoms. The van der Waals surface area contributed by atoms with Crippen LogP contribution in [0.4, 0.5) is 5.69 Å². The van der Waals surface area contributed by atoms with Crippen molar-refractivity contribution in [2.75, 3.05) is 37.7 Å². The van der Waals surface area contributed by atoms with Crippen LogP contribution in [-0.4, -0.2) is 49.3 Å². The Hall–Kier alpha value is -2.76. The van der Waals surface area contributed by atoms with Crippen LogP contribution in [0, 0.1) is 6.92 Å². The van der Waals surface area contributed by atoms with Gasteiger partial charge in [-0.2, -0.15) is 0 Å². The molecule has 1 fully saturated rings. The lowest BCUT2D eigenvalue weighted by Crippen LogP contribution is -2.49. The summed E-state index contributed by atoms with van der Waals surface area (Å²) in [6.07, 6.45) is 0. The monoisotopic (exact) mass is 341 g/mol. The SMILES string of the molecule is CC(=NOCC(=O)N1CCN(c2ccccc2)CC1)c1ccc(C)o1. The molecule has 2 aromatic rings. The fourth-order valence-corrected chi connectivity index (χ4v) is 2.80. The molecule has 0 spiro atoms. The van der Waals surface area contributed by atoms with Crippen LogP contribution in [0.3, 0.4) is 0 Å². The molecule has 1 saturated heterocycles. The van der Waals surface area contributed by atoms with Crippen molar-refractivity contribution < 1.29 is 14.0 Å². The summed E-state index contributed by atoms with van der Waals surface area (Å²) in [6.45, 7) is 6.64. The first-order chi connectivity index (χ1) is 12.1. The van der Waals surface area contributed by atoms with Gasteiger partial charge < -0.3 is 19.1 Å². The number of anilines is 1. The highest BCUT2D eigenvalue weighted by atomic mass is 16.6. The largest absolute Gasteiger partial charge is 0.460 e. The summed E-state index contributed by atoms with van der Waals surface area (Å²) < 4.78 is 5.46. The number of hydrogen-bond donors (Lipinski definition) is 0. The minimum Gasteiger partial charge on any atom is -0.460 e. The molecule has 0 N–H and O–H groups in total. The van der Waals surface area contributed by atoms with Gasteiger partial charge in [-0.15, -0.1) is 0 Å². The number of oxime groups is 1. The van der Waals surface area contributed by atoms with Crippen molar-refractivity contribution in [2.24, 2.45) is 5.16 Å². The molecular weight excluding hydrogens is 318 g/mol. The number of nitrogens with zero attached hydrogens (tertiary/aromatic N) is 3. The highest BCUT2D eigenvalue weighted by molar-refractivity contribution is 5.95. The van der Waals surface area contributed by atoms with E-state index < -0.39 is 0 Å². The Morgan fingerprint density at radius 1 is 1.12 bits per heavy atom.